The molecular weight excluding hydrogens is 383 g/mol. The third-order valence-corrected chi connectivity index (χ3v) is 6.68. The minimum Gasteiger partial charge on any atom is -0.489 e. The summed E-state index contributed by atoms with van der Waals surface area (Å²) in [7, 11) is -0.487. The van der Waals surface area contributed by atoms with E-state index in [0.717, 1.165) is 27.5 Å². The fraction of sp³-hybridized carbons (Fsp3) is 0.259. The van der Waals surface area contributed by atoms with E-state index in [0.29, 0.717) is 6.61 Å². The van der Waals surface area contributed by atoms with Crippen LogP contribution in [-0.2, 0) is 15.9 Å². The highest BCUT2D eigenvalue weighted by Crippen LogP contribution is 2.38. The second-order valence-corrected chi connectivity index (χ2v) is 9.21. The molecule has 0 radical (unpaired) electrons. The molecule has 31 heavy (non-hydrogen) atoms. The molecule has 0 unspecified atom stereocenters. The highest BCUT2D eigenvalue weighted by Gasteiger charge is 2.52. The van der Waals surface area contributed by atoms with Crippen LogP contribution >= 0.6 is 0 Å². The van der Waals surface area contributed by atoms with E-state index in [1.165, 1.54) is 10.8 Å². The van der Waals surface area contributed by atoms with Gasteiger partial charge in [0, 0.05) is 5.46 Å². The van der Waals surface area contributed by atoms with Crippen molar-refractivity contribution < 1.29 is 14.0 Å². The van der Waals surface area contributed by atoms with E-state index in [9.17, 15) is 0 Å². The summed E-state index contributed by atoms with van der Waals surface area (Å²) in [6, 6.07) is 27.2. The van der Waals surface area contributed by atoms with Gasteiger partial charge in [0.2, 0.25) is 0 Å². The molecular formula is C27H27BO3. The van der Waals surface area contributed by atoms with Crippen molar-refractivity contribution in [1.82, 2.24) is 0 Å². The number of rotatable bonds is 4. The Morgan fingerprint density at radius 2 is 1.26 bits per heavy atom. The lowest BCUT2D eigenvalue weighted by Crippen LogP contribution is -2.41. The molecule has 5 rings (SSSR count). The van der Waals surface area contributed by atoms with Crippen molar-refractivity contribution in [2.45, 2.75) is 45.5 Å². The zero-order valence-corrected chi connectivity index (χ0v) is 18.5. The van der Waals surface area contributed by atoms with Crippen LogP contribution in [0, 0.1) is 0 Å². The standard InChI is InChI=1S/C27H27BO3/c1-26(2)27(3,4)31-28(30-26)25-23-15-8-6-11-20(23)16-17-24(25)29-18-21-13-9-12-19-10-5-7-14-22(19)21/h5-17H,18H2,1-4H3. The minimum atomic E-state index is -0.487. The van der Waals surface area contributed by atoms with Gasteiger partial charge in [0.25, 0.3) is 0 Å². The van der Waals surface area contributed by atoms with Gasteiger partial charge in [-0.25, -0.2) is 0 Å². The Kier molecular flexibility index (Phi) is 4.80. The first-order chi connectivity index (χ1) is 14.9. The van der Waals surface area contributed by atoms with E-state index < -0.39 is 18.3 Å². The van der Waals surface area contributed by atoms with Crippen molar-refractivity contribution in [2.75, 3.05) is 0 Å². The van der Waals surface area contributed by atoms with Gasteiger partial charge in [-0.2, -0.15) is 0 Å². The average molecular weight is 410 g/mol. The highest BCUT2D eigenvalue weighted by atomic mass is 16.7. The molecule has 1 aliphatic heterocycles. The Balaban J connectivity index is 1.55. The van der Waals surface area contributed by atoms with E-state index in [1.807, 2.05) is 18.2 Å². The van der Waals surface area contributed by atoms with Gasteiger partial charge < -0.3 is 14.0 Å². The predicted octanol–water partition coefficient (Wildman–Crippen LogP) is 5.87. The Labute approximate surface area is 184 Å². The largest absolute Gasteiger partial charge is 0.499 e. The summed E-state index contributed by atoms with van der Waals surface area (Å²) >= 11 is 0. The van der Waals surface area contributed by atoms with Crippen molar-refractivity contribution >= 4 is 34.1 Å². The molecule has 156 valence electrons. The summed E-state index contributed by atoms with van der Waals surface area (Å²) in [5, 5.41) is 4.66. The molecule has 0 aromatic heterocycles. The Bertz CT molecular complexity index is 1240. The average Bonchev–Trinajstić information content (AvgIpc) is 2.98. The Morgan fingerprint density at radius 1 is 0.677 bits per heavy atom. The lowest BCUT2D eigenvalue weighted by Gasteiger charge is -2.32. The van der Waals surface area contributed by atoms with Crippen LogP contribution < -0.4 is 10.2 Å². The van der Waals surface area contributed by atoms with Gasteiger partial charge in [-0.05, 0) is 60.9 Å². The van der Waals surface area contributed by atoms with Gasteiger partial charge in [0.1, 0.15) is 12.4 Å². The van der Waals surface area contributed by atoms with Gasteiger partial charge in [-0.3, -0.25) is 0 Å². The van der Waals surface area contributed by atoms with Gasteiger partial charge >= 0.3 is 7.12 Å². The molecule has 0 spiro atoms. The molecule has 0 saturated carbocycles. The van der Waals surface area contributed by atoms with Crippen molar-refractivity contribution in [1.29, 1.82) is 0 Å². The molecule has 0 aliphatic carbocycles. The third-order valence-electron chi connectivity index (χ3n) is 6.68. The number of ether oxygens (including phenoxy) is 1. The number of fused-ring (bicyclic) bond motifs is 2. The summed E-state index contributed by atoms with van der Waals surface area (Å²) in [5.74, 6) is 0.796. The molecule has 0 atom stereocenters. The van der Waals surface area contributed by atoms with Crippen LogP contribution in [0.5, 0.6) is 5.75 Å². The Morgan fingerprint density at radius 3 is 1.97 bits per heavy atom. The summed E-state index contributed by atoms with van der Waals surface area (Å²) in [6.45, 7) is 8.79. The fourth-order valence-electron chi connectivity index (χ4n) is 4.18. The first-order valence-corrected chi connectivity index (χ1v) is 10.8. The normalized spacial score (nSPS) is 17.4. The molecule has 3 nitrogen and oxygen atoms in total. The van der Waals surface area contributed by atoms with Gasteiger partial charge in [0.15, 0.2) is 0 Å². The molecule has 0 bridgehead atoms. The van der Waals surface area contributed by atoms with Gasteiger partial charge in [-0.1, -0.05) is 72.8 Å². The predicted molar refractivity (Wildman–Crippen MR) is 128 cm³/mol. The molecule has 1 heterocycles. The smallest absolute Gasteiger partial charge is 0.489 e. The molecule has 1 fully saturated rings. The summed E-state index contributed by atoms with van der Waals surface area (Å²) in [5.41, 5.74) is 1.28. The van der Waals surface area contributed by atoms with Gasteiger partial charge in [0.05, 0.1) is 11.2 Å². The van der Waals surface area contributed by atoms with Crippen LogP contribution in [0.15, 0.2) is 78.9 Å². The summed E-state index contributed by atoms with van der Waals surface area (Å²) in [4.78, 5) is 0. The first-order valence-electron chi connectivity index (χ1n) is 10.8. The maximum Gasteiger partial charge on any atom is 0.499 e. The lowest BCUT2D eigenvalue weighted by atomic mass is 9.75. The maximum absolute atomic E-state index is 6.43. The second kappa shape index (κ2) is 7.40. The number of hydrogen-bond acceptors (Lipinski definition) is 3. The van der Waals surface area contributed by atoms with E-state index in [2.05, 4.69) is 88.4 Å². The van der Waals surface area contributed by atoms with E-state index in [-0.39, 0.29) is 0 Å². The van der Waals surface area contributed by atoms with E-state index in [4.69, 9.17) is 14.0 Å². The number of hydrogen-bond donors (Lipinski definition) is 0. The molecule has 4 aromatic carbocycles. The number of benzene rings is 4. The monoisotopic (exact) mass is 410 g/mol. The molecule has 0 N–H and O–H groups in total. The second-order valence-electron chi connectivity index (χ2n) is 9.21. The van der Waals surface area contributed by atoms with Crippen LogP contribution in [0.4, 0.5) is 0 Å². The summed E-state index contributed by atoms with van der Waals surface area (Å²) < 4.78 is 19.3. The van der Waals surface area contributed by atoms with Crippen molar-refractivity contribution in [2.24, 2.45) is 0 Å². The van der Waals surface area contributed by atoms with Gasteiger partial charge in [-0.15, -0.1) is 0 Å². The summed E-state index contributed by atoms with van der Waals surface area (Å²) in [6.07, 6.45) is 0. The maximum atomic E-state index is 6.43. The van der Waals surface area contributed by atoms with E-state index in [1.54, 1.807) is 0 Å². The molecule has 1 saturated heterocycles. The fourth-order valence-corrected chi connectivity index (χ4v) is 4.18. The zero-order chi connectivity index (χ0) is 21.6. The van der Waals surface area contributed by atoms with E-state index >= 15 is 0 Å². The quantitative estimate of drug-likeness (QED) is 0.394. The minimum absolute atomic E-state index is 0.415. The van der Waals surface area contributed by atoms with Crippen LogP contribution in [0.3, 0.4) is 0 Å². The topological polar surface area (TPSA) is 27.7 Å². The van der Waals surface area contributed by atoms with Crippen molar-refractivity contribution in [3.63, 3.8) is 0 Å². The van der Waals surface area contributed by atoms with Crippen LogP contribution in [0.2, 0.25) is 0 Å². The SMILES string of the molecule is CC1(C)OB(c2c(OCc3cccc4ccccc34)ccc3ccccc23)OC1(C)C. The van der Waals surface area contributed by atoms with Crippen molar-refractivity contribution in [3.8, 4) is 5.75 Å². The molecule has 0 amide bonds. The van der Waals surface area contributed by atoms with Crippen LogP contribution in [0.25, 0.3) is 21.5 Å². The molecule has 4 aromatic rings. The van der Waals surface area contributed by atoms with Crippen LogP contribution in [-0.4, -0.2) is 18.3 Å². The molecule has 1 aliphatic rings. The molecule has 4 heteroatoms. The lowest BCUT2D eigenvalue weighted by molar-refractivity contribution is 0.00578. The Hall–Kier alpha value is -2.82. The zero-order valence-electron chi connectivity index (χ0n) is 18.5. The highest BCUT2D eigenvalue weighted by molar-refractivity contribution is 6.66. The third kappa shape index (κ3) is 3.50. The van der Waals surface area contributed by atoms with Crippen molar-refractivity contribution in [3.05, 3.63) is 84.4 Å². The van der Waals surface area contributed by atoms with Crippen LogP contribution in [0.1, 0.15) is 33.3 Å². The first kappa shape index (κ1) is 20.1.